The maximum absolute atomic E-state index is 11.9. The number of aliphatic carboxylic acids is 1. The summed E-state index contributed by atoms with van der Waals surface area (Å²) in [4.78, 5) is 22.4. The Morgan fingerprint density at radius 3 is 2.95 bits per heavy atom. The molecule has 1 amide bonds. The van der Waals surface area contributed by atoms with E-state index in [1.807, 2.05) is 12.1 Å². The molecule has 0 saturated carbocycles. The second-order valence-electron chi connectivity index (χ2n) is 4.59. The van der Waals surface area contributed by atoms with Gasteiger partial charge in [0.05, 0.1) is 0 Å². The largest absolute Gasteiger partial charge is 0.481 e. The first-order valence-electron chi connectivity index (χ1n) is 6.38. The summed E-state index contributed by atoms with van der Waals surface area (Å²) in [6.07, 6.45) is 1.85. The van der Waals surface area contributed by atoms with Gasteiger partial charge in [0.2, 0.25) is 0 Å². The molecular weight excluding hydrogens is 246 g/mol. The van der Waals surface area contributed by atoms with Gasteiger partial charge in [0.1, 0.15) is 6.10 Å². The number of carbonyl (C=O) groups excluding carboxylic acids is 1. The van der Waals surface area contributed by atoms with Gasteiger partial charge in [-0.25, -0.2) is 0 Å². The summed E-state index contributed by atoms with van der Waals surface area (Å²) in [6, 6.07) is 7.25. The van der Waals surface area contributed by atoms with E-state index < -0.39 is 5.97 Å². The first-order chi connectivity index (χ1) is 9.15. The molecule has 0 bridgehead atoms. The Hall–Kier alpha value is -1.88. The van der Waals surface area contributed by atoms with E-state index in [1.165, 1.54) is 0 Å². The predicted octanol–water partition coefficient (Wildman–Crippen LogP) is 1.82. The fraction of sp³-hybridized carbons (Fsp3) is 0.429. The lowest BCUT2D eigenvalue weighted by Gasteiger charge is -2.11. The Balaban J connectivity index is 1.94. The summed E-state index contributed by atoms with van der Waals surface area (Å²) < 4.78 is 5.31. The zero-order valence-electron chi connectivity index (χ0n) is 10.6. The van der Waals surface area contributed by atoms with E-state index in [-0.39, 0.29) is 18.4 Å². The smallest absolute Gasteiger partial charge is 0.303 e. The van der Waals surface area contributed by atoms with Gasteiger partial charge >= 0.3 is 5.97 Å². The van der Waals surface area contributed by atoms with Crippen LogP contribution < -0.4 is 5.32 Å². The van der Waals surface area contributed by atoms with Crippen molar-refractivity contribution in [3.05, 3.63) is 29.8 Å². The van der Waals surface area contributed by atoms with E-state index in [4.69, 9.17) is 9.84 Å². The van der Waals surface area contributed by atoms with E-state index in [1.54, 1.807) is 12.1 Å². The third-order valence-corrected chi connectivity index (χ3v) is 3.04. The van der Waals surface area contributed by atoms with Gasteiger partial charge < -0.3 is 15.2 Å². The summed E-state index contributed by atoms with van der Waals surface area (Å²) in [6.45, 7) is 0.636. The van der Waals surface area contributed by atoms with Gasteiger partial charge in [0, 0.05) is 18.7 Å². The molecule has 1 aliphatic rings. The molecule has 1 heterocycles. The topological polar surface area (TPSA) is 75.6 Å². The SMILES string of the molecule is O=C(O)CCc1cccc(NC(=O)[C@H]2CCCO2)c1. The molecule has 0 spiro atoms. The molecule has 1 fully saturated rings. The lowest BCUT2D eigenvalue weighted by Crippen LogP contribution is -2.26. The summed E-state index contributed by atoms with van der Waals surface area (Å²) in [5, 5.41) is 11.4. The van der Waals surface area contributed by atoms with E-state index >= 15 is 0 Å². The second kappa shape index (κ2) is 6.33. The zero-order chi connectivity index (χ0) is 13.7. The molecule has 19 heavy (non-hydrogen) atoms. The van der Waals surface area contributed by atoms with Crippen molar-refractivity contribution in [2.24, 2.45) is 0 Å². The van der Waals surface area contributed by atoms with Gasteiger partial charge in [-0.05, 0) is 37.0 Å². The summed E-state index contributed by atoms with van der Waals surface area (Å²) in [5.74, 6) is -0.957. The molecule has 1 aromatic rings. The fourth-order valence-electron chi connectivity index (χ4n) is 2.06. The maximum atomic E-state index is 11.9. The number of benzene rings is 1. The first-order valence-corrected chi connectivity index (χ1v) is 6.38. The lowest BCUT2D eigenvalue weighted by molar-refractivity contribution is -0.137. The van der Waals surface area contributed by atoms with Crippen molar-refractivity contribution in [3.63, 3.8) is 0 Å². The highest BCUT2D eigenvalue weighted by Crippen LogP contribution is 2.16. The highest BCUT2D eigenvalue weighted by atomic mass is 16.5. The van der Waals surface area contributed by atoms with Crippen molar-refractivity contribution in [1.82, 2.24) is 0 Å². The minimum absolute atomic E-state index is 0.0864. The van der Waals surface area contributed by atoms with Crippen LogP contribution in [0.4, 0.5) is 5.69 Å². The molecule has 1 aliphatic heterocycles. The maximum Gasteiger partial charge on any atom is 0.303 e. The van der Waals surface area contributed by atoms with E-state index in [9.17, 15) is 9.59 Å². The minimum Gasteiger partial charge on any atom is -0.481 e. The van der Waals surface area contributed by atoms with Crippen molar-refractivity contribution < 1.29 is 19.4 Å². The Morgan fingerprint density at radius 2 is 2.26 bits per heavy atom. The van der Waals surface area contributed by atoms with Crippen LogP contribution in [0, 0.1) is 0 Å². The number of nitrogens with one attached hydrogen (secondary N) is 1. The summed E-state index contributed by atoms with van der Waals surface area (Å²) in [5.41, 5.74) is 1.58. The zero-order valence-corrected chi connectivity index (χ0v) is 10.6. The molecule has 1 atom stereocenters. The molecule has 2 N–H and O–H groups in total. The van der Waals surface area contributed by atoms with Gasteiger partial charge in [-0.15, -0.1) is 0 Å². The third kappa shape index (κ3) is 4.06. The van der Waals surface area contributed by atoms with Crippen LogP contribution in [0.25, 0.3) is 0 Å². The molecule has 1 aromatic carbocycles. The molecule has 0 aromatic heterocycles. The van der Waals surface area contributed by atoms with Crippen LogP contribution in [-0.2, 0) is 20.7 Å². The Bertz CT molecular complexity index is 466. The molecule has 0 aliphatic carbocycles. The number of hydrogen-bond donors (Lipinski definition) is 2. The van der Waals surface area contributed by atoms with Crippen molar-refractivity contribution in [2.75, 3.05) is 11.9 Å². The van der Waals surface area contributed by atoms with Crippen molar-refractivity contribution in [1.29, 1.82) is 0 Å². The molecule has 5 nitrogen and oxygen atoms in total. The number of carboxylic acid groups (broad SMARTS) is 1. The number of carbonyl (C=O) groups is 2. The van der Waals surface area contributed by atoms with Crippen molar-refractivity contribution >= 4 is 17.6 Å². The number of hydrogen-bond acceptors (Lipinski definition) is 3. The molecular formula is C14H17NO4. The Morgan fingerprint density at radius 1 is 1.42 bits per heavy atom. The molecule has 0 radical (unpaired) electrons. The van der Waals surface area contributed by atoms with E-state index in [2.05, 4.69) is 5.32 Å². The fourth-order valence-corrected chi connectivity index (χ4v) is 2.06. The molecule has 1 saturated heterocycles. The molecule has 102 valence electrons. The van der Waals surface area contributed by atoms with Gasteiger partial charge in [0.15, 0.2) is 0 Å². The number of ether oxygens (including phenoxy) is 1. The van der Waals surface area contributed by atoms with Crippen molar-refractivity contribution in [2.45, 2.75) is 31.8 Å². The number of anilines is 1. The van der Waals surface area contributed by atoms with E-state index in [0.29, 0.717) is 18.7 Å². The highest BCUT2D eigenvalue weighted by Gasteiger charge is 2.23. The average Bonchev–Trinajstić information content (AvgIpc) is 2.91. The molecule has 2 rings (SSSR count). The van der Waals surface area contributed by atoms with Crippen LogP contribution in [0.3, 0.4) is 0 Å². The summed E-state index contributed by atoms with van der Waals surface area (Å²) in [7, 11) is 0. The van der Waals surface area contributed by atoms with Gasteiger partial charge in [-0.1, -0.05) is 12.1 Å². The van der Waals surface area contributed by atoms with Crippen LogP contribution in [0.1, 0.15) is 24.8 Å². The van der Waals surface area contributed by atoms with Crippen LogP contribution in [0.5, 0.6) is 0 Å². The second-order valence-corrected chi connectivity index (χ2v) is 4.59. The number of aryl methyl sites for hydroxylation is 1. The van der Waals surface area contributed by atoms with Crippen molar-refractivity contribution in [3.8, 4) is 0 Å². The number of carboxylic acids is 1. The predicted molar refractivity (Wildman–Crippen MR) is 70.0 cm³/mol. The van der Waals surface area contributed by atoms with Crippen LogP contribution in [0.2, 0.25) is 0 Å². The third-order valence-electron chi connectivity index (χ3n) is 3.04. The Kier molecular flexibility index (Phi) is 4.52. The van der Waals surface area contributed by atoms with Gasteiger partial charge in [-0.3, -0.25) is 9.59 Å². The van der Waals surface area contributed by atoms with Crippen LogP contribution in [0.15, 0.2) is 24.3 Å². The van der Waals surface area contributed by atoms with E-state index in [0.717, 1.165) is 18.4 Å². The molecule has 0 unspecified atom stereocenters. The quantitative estimate of drug-likeness (QED) is 0.849. The highest BCUT2D eigenvalue weighted by molar-refractivity contribution is 5.94. The van der Waals surface area contributed by atoms with Gasteiger partial charge in [0.25, 0.3) is 5.91 Å². The number of rotatable bonds is 5. The normalized spacial score (nSPS) is 18.2. The molecule has 5 heteroatoms. The van der Waals surface area contributed by atoms with Crippen LogP contribution in [-0.4, -0.2) is 29.7 Å². The number of amides is 1. The Labute approximate surface area is 111 Å². The summed E-state index contributed by atoms with van der Waals surface area (Å²) >= 11 is 0. The standard InChI is InChI=1S/C14H17NO4/c16-13(17)7-6-10-3-1-4-11(9-10)15-14(18)12-5-2-8-19-12/h1,3-4,9,12H,2,5-8H2,(H,15,18)(H,16,17)/t12-/m1/s1. The van der Waals surface area contributed by atoms with Gasteiger partial charge in [-0.2, -0.15) is 0 Å². The monoisotopic (exact) mass is 263 g/mol. The van der Waals surface area contributed by atoms with Crippen LogP contribution >= 0.6 is 0 Å². The minimum atomic E-state index is -0.825. The first kappa shape index (κ1) is 13.5. The average molecular weight is 263 g/mol. The lowest BCUT2D eigenvalue weighted by atomic mass is 10.1.